The molecule has 4 rings (SSSR count). The van der Waals surface area contributed by atoms with Gasteiger partial charge in [0.25, 0.3) is 0 Å². The Bertz CT molecular complexity index is 1460. The molecular weight excluding hydrogens is 524 g/mol. The zero-order chi connectivity index (χ0) is 27.7. The summed E-state index contributed by atoms with van der Waals surface area (Å²) in [5.74, 6) is -0.750. The number of amides is 1. The van der Waals surface area contributed by atoms with Gasteiger partial charge in [0.2, 0.25) is 5.91 Å². The number of carbonyl (C=O) groups is 1. The normalized spacial score (nSPS) is 13.5. The lowest BCUT2D eigenvalue weighted by Gasteiger charge is -2.34. The maximum Gasteiger partial charge on any atom is 0.416 e. The number of ether oxygens (including phenoxy) is 1. The third kappa shape index (κ3) is 5.37. The molecule has 2 aromatic carbocycles. The highest BCUT2D eigenvalue weighted by Gasteiger charge is 2.42. The molecule has 0 fully saturated rings. The molecule has 0 aliphatic rings. The van der Waals surface area contributed by atoms with Crippen LogP contribution in [0.15, 0.2) is 60.9 Å². The number of aromatic nitrogens is 3. The number of fused-ring (bicyclic) bond motifs is 1. The van der Waals surface area contributed by atoms with Gasteiger partial charge in [0, 0.05) is 32.5 Å². The van der Waals surface area contributed by atoms with Gasteiger partial charge >= 0.3 is 6.18 Å². The molecule has 200 valence electrons. The summed E-state index contributed by atoms with van der Waals surface area (Å²) in [7, 11) is 3.16. The van der Waals surface area contributed by atoms with Crippen molar-refractivity contribution >= 4 is 23.2 Å². The number of carbonyl (C=O) groups excluding carboxylic acids is 1. The van der Waals surface area contributed by atoms with Crippen molar-refractivity contribution in [1.29, 1.82) is 0 Å². The fourth-order valence-corrected chi connectivity index (χ4v) is 4.85. The van der Waals surface area contributed by atoms with E-state index < -0.39 is 23.0 Å². The summed E-state index contributed by atoms with van der Waals surface area (Å²) in [4.78, 5) is 19.8. The van der Waals surface area contributed by atoms with E-state index in [4.69, 9.17) is 16.3 Å². The summed E-state index contributed by atoms with van der Waals surface area (Å²) < 4.78 is 59.8. The van der Waals surface area contributed by atoms with Crippen LogP contribution < -0.4 is 0 Å². The number of rotatable bonds is 8. The molecule has 0 aliphatic heterocycles. The lowest BCUT2D eigenvalue weighted by atomic mass is 9.78. The summed E-state index contributed by atoms with van der Waals surface area (Å²) in [5.41, 5.74) is 0.0219. The minimum atomic E-state index is -4.47. The average Bonchev–Trinajstić information content (AvgIpc) is 3.30. The average molecular weight is 549 g/mol. The van der Waals surface area contributed by atoms with Crippen LogP contribution >= 0.6 is 11.6 Å². The van der Waals surface area contributed by atoms with E-state index in [2.05, 4.69) is 10.1 Å². The Morgan fingerprint density at radius 2 is 1.84 bits per heavy atom. The van der Waals surface area contributed by atoms with Crippen molar-refractivity contribution in [2.45, 2.75) is 24.9 Å². The third-order valence-electron chi connectivity index (χ3n) is 6.42. The van der Waals surface area contributed by atoms with E-state index in [1.54, 1.807) is 26.1 Å². The SMILES string of the molecule is COCCN(C)C(=O)[C@](C)(Cc1cccc(F)c1)c1c(Cl)cnc2c(-c3ccc(C(F)(F)F)cc3)cnn12. The van der Waals surface area contributed by atoms with Gasteiger partial charge < -0.3 is 9.64 Å². The molecule has 0 aliphatic carbocycles. The summed E-state index contributed by atoms with van der Waals surface area (Å²) in [6.45, 7) is 2.30. The fraction of sp³-hybridized carbons (Fsp3) is 0.296. The summed E-state index contributed by atoms with van der Waals surface area (Å²) in [5, 5.41) is 4.59. The monoisotopic (exact) mass is 548 g/mol. The third-order valence-corrected chi connectivity index (χ3v) is 6.70. The number of benzene rings is 2. The van der Waals surface area contributed by atoms with Crippen LogP contribution in [0, 0.1) is 5.82 Å². The van der Waals surface area contributed by atoms with E-state index in [1.165, 1.54) is 53.2 Å². The molecule has 0 bridgehead atoms. The zero-order valence-corrected chi connectivity index (χ0v) is 21.6. The lowest BCUT2D eigenvalue weighted by Crippen LogP contribution is -2.47. The summed E-state index contributed by atoms with van der Waals surface area (Å²) in [6, 6.07) is 10.6. The number of hydrogen-bond donors (Lipinski definition) is 0. The molecule has 0 saturated heterocycles. The van der Waals surface area contributed by atoms with Crippen molar-refractivity contribution in [1.82, 2.24) is 19.5 Å². The van der Waals surface area contributed by atoms with Crippen LogP contribution in [0.2, 0.25) is 5.02 Å². The number of methoxy groups -OCH3 is 1. The molecule has 38 heavy (non-hydrogen) atoms. The zero-order valence-electron chi connectivity index (χ0n) is 20.9. The van der Waals surface area contributed by atoms with E-state index in [0.717, 1.165) is 12.1 Å². The molecule has 1 amide bonds. The predicted molar refractivity (Wildman–Crippen MR) is 135 cm³/mol. The minimum absolute atomic E-state index is 0.0925. The van der Waals surface area contributed by atoms with E-state index in [1.807, 2.05) is 0 Å². The van der Waals surface area contributed by atoms with Gasteiger partial charge in [-0.15, -0.1) is 0 Å². The van der Waals surface area contributed by atoms with Gasteiger partial charge in [0.1, 0.15) is 5.82 Å². The van der Waals surface area contributed by atoms with E-state index in [9.17, 15) is 22.4 Å². The Morgan fingerprint density at radius 1 is 1.13 bits per heavy atom. The van der Waals surface area contributed by atoms with E-state index in [0.29, 0.717) is 41.2 Å². The standard InChI is InChI=1S/C27H25ClF4N4O2/c1-26(25(37)35(2)11-12-38-3,14-17-5-4-6-20(29)13-17)23-22(28)16-33-24-21(15-34-36(23)24)18-7-9-19(10-8-18)27(30,31)32/h4-10,13,15-16H,11-12,14H2,1-3H3/t26-/m1/s1. The maximum absolute atomic E-state index is 14.1. The first-order chi connectivity index (χ1) is 18.0. The smallest absolute Gasteiger partial charge is 0.383 e. The summed E-state index contributed by atoms with van der Waals surface area (Å²) >= 11 is 6.65. The first-order valence-electron chi connectivity index (χ1n) is 11.6. The van der Waals surface area contributed by atoms with Crippen LogP contribution in [0.4, 0.5) is 17.6 Å². The van der Waals surface area contributed by atoms with Gasteiger partial charge in [-0.05, 0) is 48.7 Å². The molecule has 4 aromatic rings. The highest BCUT2D eigenvalue weighted by Crippen LogP contribution is 2.37. The molecule has 0 saturated carbocycles. The second kappa shape index (κ2) is 10.7. The maximum atomic E-state index is 14.1. The lowest BCUT2D eigenvalue weighted by molar-refractivity contribution is -0.137. The largest absolute Gasteiger partial charge is 0.416 e. The Morgan fingerprint density at radius 3 is 2.47 bits per heavy atom. The van der Waals surface area contributed by atoms with Crippen molar-refractivity contribution < 1.29 is 27.1 Å². The molecule has 0 radical (unpaired) electrons. The molecular formula is C27H25ClF4N4O2. The van der Waals surface area contributed by atoms with Crippen molar-refractivity contribution in [2.75, 3.05) is 27.3 Å². The van der Waals surface area contributed by atoms with Crippen molar-refractivity contribution in [3.63, 3.8) is 0 Å². The van der Waals surface area contributed by atoms with Crippen LogP contribution in [-0.4, -0.2) is 52.7 Å². The fourth-order valence-electron chi connectivity index (χ4n) is 4.52. The molecule has 2 aromatic heterocycles. The molecule has 6 nitrogen and oxygen atoms in total. The number of hydrogen-bond acceptors (Lipinski definition) is 4. The number of alkyl halides is 3. The Kier molecular flexibility index (Phi) is 7.75. The molecule has 0 unspecified atom stereocenters. The van der Waals surface area contributed by atoms with Crippen LogP contribution in [0.25, 0.3) is 16.8 Å². The second-order valence-electron chi connectivity index (χ2n) is 9.18. The van der Waals surface area contributed by atoms with Gasteiger partial charge in [-0.1, -0.05) is 35.9 Å². The topological polar surface area (TPSA) is 59.7 Å². The number of nitrogens with zero attached hydrogens (tertiary/aromatic N) is 4. The molecule has 1 atom stereocenters. The van der Waals surface area contributed by atoms with Crippen LogP contribution in [0.1, 0.15) is 23.7 Å². The second-order valence-corrected chi connectivity index (χ2v) is 9.59. The van der Waals surface area contributed by atoms with Crippen molar-refractivity contribution in [3.8, 4) is 11.1 Å². The molecule has 11 heteroatoms. The van der Waals surface area contributed by atoms with E-state index in [-0.39, 0.29) is 17.4 Å². The summed E-state index contributed by atoms with van der Waals surface area (Å²) in [6.07, 6.45) is -1.53. The van der Waals surface area contributed by atoms with Gasteiger partial charge in [-0.25, -0.2) is 13.9 Å². The minimum Gasteiger partial charge on any atom is -0.383 e. The molecule has 2 heterocycles. The van der Waals surface area contributed by atoms with Gasteiger partial charge in [-0.2, -0.15) is 18.3 Å². The molecule has 0 N–H and O–H groups in total. The number of halogens is 5. The van der Waals surface area contributed by atoms with Crippen molar-refractivity contribution in [2.24, 2.45) is 0 Å². The van der Waals surface area contributed by atoms with Gasteiger partial charge in [0.15, 0.2) is 5.65 Å². The quantitative estimate of drug-likeness (QED) is 0.261. The Hall–Kier alpha value is -3.50. The highest BCUT2D eigenvalue weighted by molar-refractivity contribution is 6.31. The highest BCUT2D eigenvalue weighted by atomic mass is 35.5. The van der Waals surface area contributed by atoms with Crippen molar-refractivity contribution in [3.05, 3.63) is 88.6 Å². The van der Waals surface area contributed by atoms with Crippen LogP contribution in [0.5, 0.6) is 0 Å². The molecule has 0 spiro atoms. The van der Waals surface area contributed by atoms with E-state index >= 15 is 0 Å². The number of likely N-dealkylation sites (N-methyl/N-ethyl adjacent to an activating group) is 1. The first-order valence-corrected chi connectivity index (χ1v) is 12.0. The van der Waals surface area contributed by atoms with Crippen LogP contribution in [0.3, 0.4) is 0 Å². The first kappa shape index (κ1) is 27.5. The Balaban J connectivity index is 1.87. The van der Waals surface area contributed by atoms with Gasteiger partial charge in [0.05, 0.1) is 34.5 Å². The predicted octanol–water partition coefficient (Wildman–Crippen LogP) is 5.81. The van der Waals surface area contributed by atoms with Crippen LogP contribution in [-0.2, 0) is 27.5 Å². The Labute approximate surface area is 221 Å². The van der Waals surface area contributed by atoms with Gasteiger partial charge in [-0.3, -0.25) is 4.79 Å².